The highest BCUT2D eigenvalue weighted by Gasteiger charge is 2.29. The van der Waals surface area contributed by atoms with E-state index in [0.717, 1.165) is 37.1 Å². The van der Waals surface area contributed by atoms with Gasteiger partial charge in [-0.15, -0.1) is 11.3 Å². The van der Waals surface area contributed by atoms with Crippen molar-refractivity contribution in [3.05, 3.63) is 16.6 Å². The van der Waals surface area contributed by atoms with Crippen molar-refractivity contribution in [2.75, 3.05) is 6.61 Å². The summed E-state index contributed by atoms with van der Waals surface area (Å²) in [6, 6.07) is 0.702. The molecule has 3 atom stereocenters. The summed E-state index contributed by atoms with van der Waals surface area (Å²) in [6.45, 7) is 4.51. The molecule has 3 unspecified atom stereocenters. The maximum atomic E-state index is 11.9. The highest BCUT2D eigenvalue weighted by Crippen LogP contribution is 2.28. The molecule has 0 saturated heterocycles. The predicted molar refractivity (Wildman–Crippen MR) is 80.7 cm³/mol. The van der Waals surface area contributed by atoms with Gasteiger partial charge < -0.3 is 10.1 Å². The monoisotopic (exact) mass is 296 g/mol. The Hall–Kier alpha value is -0.940. The van der Waals surface area contributed by atoms with Crippen LogP contribution in [0.25, 0.3) is 0 Å². The van der Waals surface area contributed by atoms with Crippen LogP contribution in [-0.4, -0.2) is 23.6 Å². The first-order valence-corrected chi connectivity index (χ1v) is 8.44. The predicted octanol–water partition coefficient (Wildman–Crippen LogP) is 3.31. The third kappa shape index (κ3) is 4.03. The first-order chi connectivity index (χ1) is 9.74. The van der Waals surface area contributed by atoms with E-state index >= 15 is 0 Å². The highest BCUT2D eigenvalue weighted by atomic mass is 32.1. The zero-order chi connectivity index (χ0) is 14.4. The van der Waals surface area contributed by atoms with Crippen LogP contribution in [0.2, 0.25) is 0 Å². The average molecular weight is 296 g/mol. The maximum absolute atomic E-state index is 11.9. The van der Waals surface area contributed by atoms with Crippen LogP contribution >= 0.6 is 11.3 Å². The molecule has 0 aliphatic heterocycles. The van der Waals surface area contributed by atoms with Crippen molar-refractivity contribution in [1.29, 1.82) is 0 Å². The average Bonchev–Trinajstić information content (AvgIpc) is 2.99. The Bertz CT molecular complexity index is 408. The van der Waals surface area contributed by atoms with Crippen LogP contribution in [0.1, 0.15) is 57.0 Å². The number of aromatic nitrogens is 1. The van der Waals surface area contributed by atoms with Gasteiger partial charge in [-0.3, -0.25) is 4.79 Å². The fourth-order valence-corrected chi connectivity index (χ4v) is 3.65. The Morgan fingerprint density at radius 3 is 3.05 bits per heavy atom. The molecule has 1 aliphatic carbocycles. The van der Waals surface area contributed by atoms with Crippen LogP contribution in [0.3, 0.4) is 0 Å². The van der Waals surface area contributed by atoms with Crippen LogP contribution in [0.15, 0.2) is 11.6 Å². The van der Waals surface area contributed by atoms with E-state index in [1.807, 2.05) is 18.5 Å². The van der Waals surface area contributed by atoms with Gasteiger partial charge in [0.25, 0.3) is 0 Å². The van der Waals surface area contributed by atoms with E-state index in [9.17, 15) is 4.79 Å². The van der Waals surface area contributed by atoms with Crippen molar-refractivity contribution >= 4 is 17.3 Å². The van der Waals surface area contributed by atoms with Gasteiger partial charge in [0, 0.05) is 17.6 Å². The quantitative estimate of drug-likeness (QED) is 0.818. The Balaban J connectivity index is 1.90. The molecule has 0 amide bonds. The van der Waals surface area contributed by atoms with E-state index in [0.29, 0.717) is 18.7 Å². The van der Waals surface area contributed by atoms with Crippen molar-refractivity contribution in [1.82, 2.24) is 10.3 Å². The Kier molecular flexibility index (Phi) is 5.98. The van der Waals surface area contributed by atoms with Gasteiger partial charge in [0.2, 0.25) is 0 Å². The Morgan fingerprint density at radius 1 is 1.55 bits per heavy atom. The van der Waals surface area contributed by atoms with Crippen LogP contribution in [0.4, 0.5) is 0 Å². The molecule has 1 fully saturated rings. The lowest BCUT2D eigenvalue weighted by atomic mass is 9.85. The number of thiazole rings is 1. The van der Waals surface area contributed by atoms with E-state index in [4.69, 9.17) is 4.74 Å². The molecular weight excluding hydrogens is 272 g/mol. The molecule has 1 N–H and O–H groups in total. The van der Waals surface area contributed by atoms with Crippen molar-refractivity contribution in [2.24, 2.45) is 5.92 Å². The minimum atomic E-state index is -0.0266. The number of carbonyl (C=O) groups excluding carboxylic acids is 1. The van der Waals surface area contributed by atoms with Crippen LogP contribution in [-0.2, 0) is 9.53 Å². The number of rotatable bonds is 6. The summed E-state index contributed by atoms with van der Waals surface area (Å²) in [6.07, 6.45) is 6.96. The molecule has 20 heavy (non-hydrogen) atoms. The molecule has 1 aliphatic rings. The molecule has 0 aromatic carbocycles. The number of hydrogen-bond donors (Lipinski definition) is 1. The van der Waals surface area contributed by atoms with E-state index in [1.54, 1.807) is 11.3 Å². The molecule has 0 bridgehead atoms. The van der Waals surface area contributed by atoms with Crippen LogP contribution in [0, 0.1) is 5.92 Å². The van der Waals surface area contributed by atoms with Crippen LogP contribution in [0.5, 0.6) is 0 Å². The fourth-order valence-electron chi connectivity index (χ4n) is 2.87. The summed E-state index contributed by atoms with van der Waals surface area (Å²) in [5.74, 6) is 0.0382. The minimum absolute atomic E-state index is 0.0266. The number of ether oxygens (including phenoxy) is 1. The van der Waals surface area contributed by atoms with E-state index in [2.05, 4.69) is 17.2 Å². The number of nitrogens with one attached hydrogen (secondary N) is 1. The summed E-state index contributed by atoms with van der Waals surface area (Å²) in [4.78, 5) is 16.3. The van der Waals surface area contributed by atoms with Gasteiger partial charge in [-0.05, 0) is 32.6 Å². The second-order valence-corrected chi connectivity index (χ2v) is 6.24. The maximum Gasteiger partial charge on any atom is 0.308 e. The van der Waals surface area contributed by atoms with Crippen LogP contribution < -0.4 is 5.32 Å². The number of carbonyl (C=O) groups is 1. The fraction of sp³-hybridized carbons (Fsp3) is 0.733. The topological polar surface area (TPSA) is 51.2 Å². The normalized spacial score (nSPS) is 24.3. The molecular formula is C15H24N2O2S. The molecule has 4 nitrogen and oxygen atoms in total. The molecule has 1 aromatic rings. The van der Waals surface area contributed by atoms with Crippen molar-refractivity contribution in [3.8, 4) is 0 Å². The van der Waals surface area contributed by atoms with Gasteiger partial charge >= 0.3 is 5.97 Å². The van der Waals surface area contributed by atoms with Gasteiger partial charge in [0.15, 0.2) is 0 Å². The zero-order valence-corrected chi connectivity index (χ0v) is 13.1. The highest BCUT2D eigenvalue weighted by molar-refractivity contribution is 7.09. The van der Waals surface area contributed by atoms with Crippen molar-refractivity contribution < 1.29 is 9.53 Å². The molecule has 1 heterocycles. The van der Waals surface area contributed by atoms with E-state index < -0.39 is 0 Å². The molecule has 1 aromatic heterocycles. The minimum Gasteiger partial charge on any atom is -0.466 e. The number of nitrogens with zero attached hydrogens (tertiary/aromatic N) is 1. The summed E-state index contributed by atoms with van der Waals surface area (Å²) in [7, 11) is 0. The molecule has 1 saturated carbocycles. The van der Waals surface area contributed by atoms with E-state index in [1.165, 1.54) is 0 Å². The van der Waals surface area contributed by atoms with Gasteiger partial charge in [-0.25, -0.2) is 4.98 Å². The first kappa shape index (κ1) is 15.4. The SMILES string of the molecule is CCOC(=O)C1CCCC(NC(CC)c2nccs2)C1. The molecule has 5 heteroatoms. The van der Waals surface area contributed by atoms with E-state index in [-0.39, 0.29) is 11.9 Å². The van der Waals surface area contributed by atoms with Gasteiger partial charge in [0.05, 0.1) is 18.6 Å². The first-order valence-electron chi connectivity index (χ1n) is 7.56. The lowest BCUT2D eigenvalue weighted by Crippen LogP contribution is -2.38. The number of hydrogen-bond acceptors (Lipinski definition) is 5. The van der Waals surface area contributed by atoms with Gasteiger partial charge in [-0.2, -0.15) is 0 Å². The summed E-state index contributed by atoms with van der Waals surface area (Å²) < 4.78 is 5.16. The third-order valence-corrected chi connectivity index (χ3v) is 4.78. The largest absolute Gasteiger partial charge is 0.466 e. The second-order valence-electron chi connectivity index (χ2n) is 5.31. The summed E-state index contributed by atoms with van der Waals surface area (Å²) in [5, 5.41) is 6.84. The zero-order valence-electron chi connectivity index (χ0n) is 12.3. The Labute approximate surface area is 124 Å². The van der Waals surface area contributed by atoms with Crippen molar-refractivity contribution in [3.63, 3.8) is 0 Å². The molecule has 0 radical (unpaired) electrons. The van der Waals surface area contributed by atoms with Gasteiger partial charge in [0.1, 0.15) is 5.01 Å². The molecule has 0 spiro atoms. The lowest BCUT2D eigenvalue weighted by molar-refractivity contribution is -0.149. The molecule has 2 rings (SSSR count). The number of esters is 1. The standard InChI is InChI=1S/C15H24N2O2S/c1-3-13(14-16-8-9-20-14)17-12-7-5-6-11(10-12)15(18)19-4-2/h8-9,11-13,17H,3-7,10H2,1-2H3. The second kappa shape index (κ2) is 7.74. The summed E-state index contributed by atoms with van der Waals surface area (Å²) in [5.41, 5.74) is 0. The smallest absolute Gasteiger partial charge is 0.308 e. The summed E-state index contributed by atoms with van der Waals surface area (Å²) >= 11 is 1.69. The molecule has 112 valence electrons. The Morgan fingerprint density at radius 2 is 2.40 bits per heavy atom. The van der Waals surface area contributed by atoms with Gasteiger partial charge in [-0.1, -0.05) is 13.3 Å². The van der Waals surface area contributed by atoms with Crippen molar-refractivity contribution in [2.45, 2.75) is 58.0 Å². The lowest BCUT2D eigenvalue weighted by Gasteiger charge is -2.31. The third-order valence-electron chi connectivity index (χ3n) is 3.89.